The van der Waals surface area contributed by atoms with Crippen LogP contribution in [0.15, 0.2) is 42.5 Å². The third kappa shape index (κ3) is 3.51. The molecule has 0 radical (unpaired) electrons. The van der Waals surface area contributed by atoms with Crippen LogP contribution < -0.4 is 5.32 Å². The van der Waals surface area contributed by atoms with Gasteiger partial charge in [0.05, 0.1) is 6.10 Å². The van der Waals surface area contributed by atoms with E-state index in [0.717, 1.165) is 5.56 Å². The highest BCUT2D eigenvalue weighted by Gasteiger charge is 2.09. The van der Waals surface area contributed by atoms with Gasteiger partial charge in [-0.1, -0.05) is 18.2 Å². The maximum atomic E-state index is 13.1. The zero-order chi connectivity index (χ0) is 13.8. The molecule has 0 fully saturated rings. The van der Waals surface area contributed by atoms with E-state index < -0.39 is 11.9 Å². The van der Waals surface area contributed by atoms with E-state index in [1.807, 2.05) is 6.92 Å². The van der Waals surface area contributed by atoms with Crippen LogP contribution in [-0.4, -0.2) is 11.7 Å². The van der Waals surface area contributed by atoms with Crippen molar-refractivity contribution in [3.05, 3.63) is 65.2 Å². The van der Waals surface area contributed by atoms with Gasteiger partial charge in [0.1, 0.15) is 11.6 Å². The summed E-state index contributed by atoms with van der Waals surface area (Å²) in [5.41, 5.74) is 1.99. The number of hydrogen-bond acceptors (Lipinski definition) is 2. The molecule has 2 rings (SSSR count). The molecular weight excluding hydrogens is 248 g/mol. The van der Waals surface area contributed by atoms with Gasteiger partial charge in [0.25, 0.3) is 0 Å². The normalized spacial score (nSPS) is 12.2. The Bertz CT molecular complexity index is 572. The summed E-state index contributed by atoms with van der Waals surface area (Å²) < 4.78 is 26.1. The average Bonchev–Trinajstić information content (AvgIpc) is 2.39. The molecule has 0 aliphatic rings. The van der Waals surface area contributed by atoms with Crippen molar-refractivity contribution in [3.63, 3.8) is 0 Å². The van der Waals surface area contributed by atoms with Crippen molar-refractivity contribution in [2.75, 3.05) is 11.9 Å². The van der Waals surface area contributed by atoms with Crippen molar-refractivity contribution in [2.24, 2.45) is 0 Å². The number of anilines is 1. The van der Waals surface area contributed by atoms with Gasteiger partial charge in [0.15, 0.2) is 0 Å². The number of hydrogen-bond donors (Lipinski definition) is 2. The predicted octanol–water partition coefficient (Wildman–Crippen LogP) is 3.42. The molecular formula is C15H15F2NO. The van der Waals surface area contributed by atoms with Crippen molar-refractivity contribution in [1.82, 2.24) is 0 Å². The minimum atomic E-state index is -0.849. The maximum absolute atomic E-state index is 13.1. The Morgan fingerprint density at radius 2 is 1.84 bits per heavy atom. The zero-order valence-corrected chi connectivity index (χ0v) is 10.5. The van der Waals surface area contributed by atoms with Crippen molar-refractivity contribution in [2.45, 2.75) is 13.0 Å². The Morgan fingerprint density at radius 3 is 2.58 bits per heavy atom. The lowest BCUT2D eigenvalue weighted by atomic mass is 10.1. The average molecular weight is 263 g/mol. The fourth-order valence-corrected chi connectivity index (χ4v) is 1.82. The molecule has 4 heteroatoms. The topological polar surface area (TPSA) is 32.3 Å². The molecule has 1 unspecified atom stereocenters. The van der Waals surface area contributed by atoms with Gasteiger partial charge in [-0.15, -0.1) is 0 Å². The van der Waals surface area contributed by atoms with Crippen LogP contribution in [0.1, 0.15) is 17.2 Å². The molecule has 0 bridgehead atoms. The lowest BCUT2D eigenvalue weighted by molar-refractivity contribution is 0.191. The van der Waals surface area contributed by atoms with E-state index in [0.29, 0.717) is 11.3 Å². The van der Waals surface area contributed by atoms with Crippen molar-refractivity contribution < 1.29 is 13.9 Å². The molecule has 0 saturated heterocycles. The summed E-state index contributed by atoms with van der Waals surface area (Å²) in [5, 5.41) is 12.9. The third-order valence-electron chi connectivity index (χ3n) is 2.92. The van der Waals surface area contributed by atoms with Crippen molar-refractivity contribution in [1.29, 1.82) is 0 Å². The minimum Gasteiger partial charge on any atom is -0.387 e. The van der Waals surface area contributed by atoms with Gasteiger partial charge in [-0.05, 0) is 42.3 Å². The molecule has 0 heterocycles. The number of aliphatic hydroxyl groups excluding tert-OH is 1. The lowest BCUT2D eigenvalue weighted by Gasteiger charge is -2.14. The summed E-state index contributed by atoms with van der Waals surface area (Å²) >= 11 is 0. The number of halogens is 2. The van der Waals surface area contributed by atoms with Gasteiger partial charge < -0.3 is 10.4 Å². The van der Waals surface area contributed by atoms with E-state index in [-0.39, 0.29) is 12.4 Å². The molecule has 0 aliphatic carbocycles. The highest BCUT2D eigenvalue weighted by molar-refractivity contribution is 5.50. The van der Waals surface area contributed by atoms with Gasteiger partial charge in [-0.3, -0.25) is 0 Å². The smallest absolute Gasteiger partial charge is 0.125 e. The fraction of sp³-hybridized carbons (Fsp3) is 0.200. The molecule has 2 aromatic carbocycles. The predicted molar refractivity (Wildman–Crippen MR) is 71.0 cm³/mol. The van der Waals surface area contributed by atoms with E-state index >= 15 is 0 Å². The fourth-order valence-electron chi connectivity index (χ4n) is 1.82. The van der Waals surface area contributed by atoms with Crippen LogP contribution in [0.3, 0.4) is 0 Å². The summed E-state index contributed by atoms with van der Waals surface area (Å²) in [5.74, 6) is -0.730. The van der Waals surface area contributed by atoms with E-state index in [2.05, 4.69) is 5.32 Å². The van der Waals surface area contributed by atoms with Gasteiger partial charge in [-0.25, -0.2) is 8.78 Å². The largest absolute Gasteiger partial charge is 0.387 e. The molecule has 1 atom stereocenters. The third-order valence-corrected chi connectivity index (χ3v) is 2.92. The lowest BCUT2D eigenvalue weighted by Crippen LogP contribution is -2.13. The Balaban J connectivity index is 2.04. The molecule has 2 nitrogen and oxygen atoms in total. The zero-order valence-electron chi connectivity index (χ0n) is 10.5. The van der Waals surface area contributed by atoms with Gasteiger partial charge in [0.2, 0.25) is 0 Å². The summed E-state index contributed by atoms with van der Waals surface area (Å²) in [7, 11) is 0. The molecule has 0 aliphatic heterocycles. The summed E-state index contributed by atoms with van der Waals surface area (Å²) in [6.45, 7) is 2.03. The van der Waals surface area contributed by atoms with Crippen LogP contribution in [0.25, 0.3) is 0 Å². The van der Waals surface area contributed by atoms with Crippen LogP contribution in [0.5, 0.6) is 0 Å². The second kappa shape index (κ2) is 5.80. The van der Waals surface area contributed by atoms with Crippen molar-refractivity contribution in [3.8, 4) is 0 Å². The number of aryl methyl sites for hydroxylation is 1. The maximum Gasteiger partial charge on any atom is 0.125 e. The quantitative estimate of drug-likeness (QED) is 0.886. The van der Waals surface area contributed by atoms with Crippen LogP contribution in [-0.2, 0) is 0 Å². The molecule has 2 aromatic rings. The first-order valence-electron chi connectivity index (χ1n) is 6.00. The molecule has 0 saturated carbocycles. The Kier molecular flexibility index (Phi) is 4.12. The van der Waals surface area contributed by atoms with E-state index in [1.165, 1.54) is 24.3 Å². The standard InChI is InChI=1S/C15H15F2NO/c1-10-5-6-13(17)8-14(10)18-9-15(19)11-3-2-4-12(16)7-11/h2-8,15,18-19H,9H2,1H3. The highest BCUT2D eigenvalue weighted by atomic mass is 19.1. The molecule has 2 N–H and O–H groups in total. The van der Waals surface area contributed by atoms with Crippen LogP contribution in [0.2, 0.25) is 0 Å². The Hall–Kier alpha value is -1.94. The van der Waals surface area contributed by atoms with Crippen LogP contribution in [0.4, 0.5) is 14.5 Å². The molecule has 100 valence electrons. The first-order chi connectivity index (χ1) is 9.06. The molecule has 0 aromatic heterocycles. The van der Waals surface area contributed by atoms with E-state index in [4.69, 9.17) is 0 Å². The van der Waals surface area contributed by atoms with Crippen molar-refractivity contribution >= 4 is 5.69 Å². The second-order valence-corrected chi connectivity index (χ2v) is 4.41. The Labute approximate surface area is 110 Å². The number of aliphatic hydroxyl groups is 1. The molecule has 0 spiro atoms. The summed E-state index contributed by atoms with van der Waals surface area (Å²) in [6, 6.07) is 10.2. The number of nitrogens with one attached hydrogen (secondary N) is 1. The SMILES string of the molecule is Cc1ccc(F)cc1NCC(O)c1cccc(F)c1. The van der Waals surface area contributed by atoms with Gasteiger partial charge in [-0.2, -0.15) is 0 Å². The molecule has 0 amide bonds. The van der Waals surface area contributed by atoms with E-state index in [1.54, 1.807) is 18.2 Å². The summed E-state index contributed by atoms with van der Waals surface area (Å²) in [4.78, 5) is 0. The first-order valence-corrected chi connectivity index (χ1v) is 6.00. The monoisotopic (exact) mass is 263 g/mol. The van der Waals surface area contributed by atoms with E-state index in [9.17, 15) is 13.9 Å². The van der Waals surface area contributed by atoms with Crippen LogP contribution in [0, 0.1) is 18.6 Å². The summed E-state index contributed by atoms with van der Waals surface area (Å²) in [6.07, 6.45) is -0.849. The minimum absolute atomic E-state index is 0.188. The second-order valence-electron chi connectivity index (χ2n) is 4.41. The Morgan fingerprint density at radius 1 is 1.11 bits per heavy atom. The first kappa shape index (κ1) is 13.5. The highest BCUT2D eigenvalue weighted by Crippen LogP contribution is 2.19. The van der Waals surface area contributed by atoms with Gasteiger partial charge >= 0.3 is 0 Å². The van der Waals surface area contributed by atoms with Gasteiger partial charge in [0, 0.05) is 12.2 Å². The molecule has 19 heavy (non-hydrogen) atoms. The van der Waals surface area contributed by atoms with Crippen LogP contribution >= 0.6 is 0 Å². The number of benzene rings is 2. The number of rotatable bonds is 4.